The van der Waals surface area contributed by atoms with E-state index in [0.29, 0.717) is 18.3 Å². The predicted octanol–water partition coefficient (Wildman–Crippen LogP) is 4.23. The number of hydrogen-bond donors (Lipinski definition) is 2. The summed E-state index contributed by atoms with van der Waals surface area (Å²) in [5, 5.41) is 6.41. The Kier molecular flexibility index (Phi) is 6.83. The molecule has 1 amide bonds. The summed E-state index contributed by atoms with van der Waals surface area (Å²) < 4.78 is 0. The number of rotatable bonds is 6. The van der Waals surface area contributed by atoms with E-state index in [1.54, 1.807) is 12.4 Å². The number of aromatic nitrogens is 2. The Morgan fingerprint density at radius 1 is 1.04 bits per heavy atom. The zero-order chi connectivity index (χ0) is 17.3. The predicted molar refractivity (Wildman–Crippen MR) is 101 cm³/mol. The summed E-state index contributed by atoms with van der Waals surface area (Å²) in [5.41, 5.74) is 1.87. The van der Waals surface area contributed by atoms with Crippen LogP contribution in [0, 0.1) is 0 Å². The Balaban J connectivity index is 1.44. The first-order chi connectivity index (χ1) is 12.3. The van der Waals surface area contributed by atoms with Crippen molar-refractivity contribution in [1.82, 2.24) is 15.3 Å². The highest BCUT2D eigenvalue weighted by Crippen LogP contribution is 2.20. The van der Waals surface area contributed by atoms with E-state index in [-0.39, 0.29) is 5.91 Å². The SMILES string of the molecule is O=C(NCCC1=CCCCC1)c1cnc(NC2CCCCCC2)cn1. The molecule has 2 aliphatic carbocycles. The highest BCUT2D eigenvalue weighted by molar-refractivity contribution is 5.91. The van der Waals surface area contributed by atoms with E-state index in [4.69, 9.17) is 0 Å². The van der Waals surface area contributed by atoms with Gasteiger partial charge in [-0.3, -0.25) is 4.79 Å². The Bertz CT molecular complexity index is 574. The molecule has 1 aromatic rings. The van der Waals surface area contributed by atoms with Crippen molar-refractivity contribution in [2.24, 2.45) is 0 Å². The van der Waals surface area contributed by atoms with Gasteiger partial charge >= 0.3 is 0 Å². The average Bonchev–Trinajstić information content (AvgIpc) is 2.92. The van der Waals surface area contributed by atoms with E-state index >= 15 is 0 Å². The number of nitrogens with zero attached hydrogens (tertiary/aromatic N) is 2. The molecule has 0 saturated heterocycles. The fourth-order valence-electron chi connectivity index (χ4n) is 3.71. The largest absolute Gasteiger partial charge is 0.366 e. The molecule has 0 unspecified atom stereocenters. The van der Waals surface area contributed by atoms with E-state index in [2.05, 4.69) is 26.7 Å². The third-order valence-corrected chi connectivity index (χ3v) is 5.21. The van der Waals surface area contributed by atoms with Crippen molar-refractivity contribution >= 4 is 11.7 Å². The number of allylic oxidation sites excluding steroid dienone is 1. The van der Waals surface area contributed by atoms with Crippen LogP contribution in [-0.2, 0) is 0 Å². The van der Waals surface area contributed by atoms with Crippen LogP contribution >= 0.6 is 0 Å². The van der Waals surface area contributed by atoms with E-state index in [0.717, 1.165) is 12.2 Å². The molecule has 0 aliphatic heterocycles. The van der Waals surface area contributed by atoms with Gasteiger partial charge in [0.15, 0.2) is 0 Å². The minimum Gasteiger partial charge on any atom is -0.366 e. The second-order valence-corrected chi connectivity index (χ2v) is 7.23. The first-order valence-corrected chi connectivity index (χ1v) is 9.86. The maximum absolute atomic E-state index is 12.2. The Labute approximate surface area is 150 Å². The van der Waals surface area contributed by atoms with Gasteiger partial charge in [-0.2, -0.15) is 0 Å². The van der Waals surface area contributed by atoms with Crippen LogP contribution in [0.3, 0.4) is 0 Å². The summed E-state index contributed by atoms with van der Waals surface area (Å²) >= 11 is 0. The molecule has 2 N–H and O–H groups in total. The minimum absolute atomic E-state index is 0.134. The van der Waals surface area contributed by atoms with E-state index in [9.17, 15) is 4.79 Å². The third kappa shape index (κ3) is 5.83. The van der Waals surface area contributed by atoms with E-state index in [1.165, 1.54) is 69.8 Å². The van der Waals surface area contributed by atoms with Crippen LogP contribution in [0.15, 0.2) is 24.0 Å². The standard InChI is InChI=1S/C20H30N4O/c25-20(21-13-12-16-8-4-3-5-9-16)18-14-23-19(15-22-18)24-17-10-6-1-2-7-11-17/h8,14-15,17H,1-7,9-13H2,(H,21,25)(H,23,24). The van der Waals surface area contributed by atoms with Gasteiger partial charge in [-0.05, 0) is 44.9 Å². The van der Waals surface area contributed by atoms with Crippen molar-refractivity contribution in [3.05, 3.63) is 29.7 Å². The third-order valence-electron chi connectivity index (χ3n) is 5.21. The molecular formula is C20H30N4O. The molecule has 0 bridgehead atoms. The van der Waals surface area contributed by atoms with Crippen molar-refractivity contribution in [1.29, 1.82) is 0 Å². The van der Waals surface area contributed by atoms with Gasteiger partial charge in [0, 0.05) is 12.6 Å². The fourth-order valence-corrected chi connectivity index (χ4v) is 3.71. The van der Waals surface area contributed by atoms with Crippen LogP contribution in [0.25, 0.3) is 0 Å². The van der Waals surface area contributed by atoms with Crippen molar-refractivity contribution < 1.29 is 4.79 Å². The maximum atomic E-state index is 12.2. The molecule has 1 aromatic heterocycles. The van der Waals surface area contributed by atoms with Gasteiger partial charge < -0.3 is 10.6 Å². The lowest BCUT2D eigenvalue weighted by Crippen LogP contribution is -2.26. The van der Waals surface area contributed by atoms with Gasteiger partial charge in [-0.1, -0.05) is 37.3 Å². The highest BCUT2D eigenvalue weighted by atomic mass is 16.1. The number of carbonyl (C=O) groups excluding carboxylic acids is 1. The molecule has 136 valence electrons. The van der Waals surface area contributed by atoms with Gasteiger partial charge in [0.25, 0.3) is 5.91 Å². The maximum Gasteiger partial charge on any atom is 0.271 e. The van der Waals surface area contributed by atoms with Gasteiger partial charge in [0.1, 0.15) is 11.5 Å². The molecule has 1 fully saturated rings. The number of hydrogen-bond acceptors (Lipinski definition) is 4. The Morgan fingerprint density at radius 3 is 2.56 bits per heavy atom. The Hall–Kier alpha value is -1.91. The van der Waals surface area contributed by atoms with Crippen molar-refractivity contribution in [3.63, 3.8) is 0 Å². The molecule has 0 atom stereocenters. The molecular weight excluding hydrogens is 312 g/mol. The van der Waals surface area contributed by atoms with E-state index in [1.807, 2.05) is 0 Å². The highest BCUT2D eigenvalue weighted by Gasteiger charge is 2.13. The number of nitrogens with one attached hydrogen (secondary N) is 2. The van der Waals surface area contributed by atoms with Gasteiger partial charge in [0.2, 0.25) is 0 Å². The normalized spacial score (nSPS) is 19.0. The summed E-state index contributed by atoms with van der Waals surface area (Å²) in [6, 6.07) is 0.486. The van der Waals surface area contributed by atoms with Crippen LogP contribution in [-0.4, -0.2) is 28.5 Å². The fraction of sp³-hybridized carbons (Fsp3) is 0.650. The summed E-state index contributed by atoms with van der Waals surface area (Å²) in [7, 11) is 0. The van der Waals surface area contributed by atoms with Crippen molar-refractivity contribution in [3.8, 4) is 0 Å². The molecule has 5 nitrogen and oxygen atoms in total. The van der Waals surface area contributed by atoms with Gasteiger partial charge in [-0.15, -0.1) is 0 Å². The van der Waals surface area contributed by atoms with Gasteiger partial charge in [0.05, 0.1) is 12.4 Å². The summed E-state index contributed by atoms with van der Waals surface area (Å²) in [5.74, 6) is 0.640. The monoisotopic (exact) mass is 342 g/mol. The molecule has 0 spiro atoms. The smallest absolute Gasteiger partial charge is 0.271 e. The molecule has 1 saturated carbocycles. The lowest BCUT2D eigenvalue weighted by Gasteiger charge is -2.16. The lowest BCUT2D eigenvalue weighted by atomic mass is 9.97. The van der Waals surface area contributed by atoms with Crippen molar-refractivity contribution in [2.45, 2.75) is 76.7 Å². The average molecular weight is 342 g/mol. The summed E-state index contributed by atoms with van der Waals surface area (Å²) in [6.45, 7) is 0.675. The number of carbonyl (C=O) groups is 1. The van der Waals surface area contributed by atoms with Crippen LogP contribution in [0.4, 0.5) is 5.82 Å². The first-order valence-electron chi connectivity index (χ1n) is 9.86. The molecule has 1 heterocycles. The lowest BCUT2D eigenvalue weighted by molar-refractivity contribution is 0.0948. The number of amides is 1. The second-order valence-electron chi connectivity index (χ2n) is 7.23. The van der Waals surface area contributed by atoms with Gasteiger partial charge in [-0.25, -0.2) is 9.97 Å². The zero-order valence-electron chi connectivity index (χ0n) is 15.1. The Morgan fingerprint density at radius 2 is 1.88 bits per heavy atom. The van der Waals surface area contributed by atoms with E-state index < -0.39 is 0 Å². The summed E-state index contributed by atoms with van der Waals surface area (Å²) in [4.78, 5) is 20.8. The quantitative estimate of drug-likeness (QED) is 0.600. The minimum atomic E-state index is -0.134. The van der Waals surface area contributed by atoms with Crippen LogP contribution in [0.1, 0.15) is 81.1 Å². The molecule has 5 heteroatoms. The number of anilines is 1. The first kappa shape index (κ1) is 17.9. The van der Waals surface area contributed by atoms with Crippen LogP contribution in [0.2, 0.25) is 0 Å². The molecule has 0 aromatic carbocycles. The molecule has 2 aliphatic rings. The molecule has 25 heavy (non-hydrogen) atoms. The van der Waals surface area contributed by atoms with Crippen LogP contribution in [0.5, 0.6) is 0 Å². The molecule has 0 radical (unpaired) electrons. The molecule has 3 rings (SSSR count). The van der Waals surface area contributed by atoms with Crippen molar-refractivity contribution in [2.75, 3.05) is 11.9 Å². The topological polar surface area (TPSA) is 66.9 Å². The van der Waals surface area contributed by atoms with Crippen LogP contribution < -0.4 is 10.6 Å². The second kappa shape index (κ2) is 9.54. The summed E-state index contributed by atoms with van der Waals surface area (Å²) in [6.07, 6.45) is 19.1. The zero-order valence-corrected chi connectivity index (χ0v) is 15.1.